The first-order chi connectivity index (χ1) is 14.9. The number of aromatic nitrogens is 3. The lowest BCUT2D eigenvalue weighted by molar-refractivity contribution is -0.137. The first kappa shape index (κ1) is 22.1. The highest BCUT2D eigenvalue weighted by Gasteiger charge is 2.33. The molecule has 1 fully saturated rings. The van der Waals surface area contributed by atoms with Crippen molar-refractivity contribution in [2.24, 2.45) is 0 Å². The topological polar surface area (TPSA) is 51.9 Å². The number of fused-ring (bicyclic) bond motifs is 1. The number of nitrogens with one attached hydrogen (secondary N) is 1. The van der Waals surface area contributed by atoms with E-state index in [0.717, 1.165) is 19.0 Å². The Balaban J connectivity index is 0.00000245. The third-order valence-electron chi connectivity index (χ3n) is 5.70. The van der Waals surface area contributed by atoms with Gasteiger partial charge in [-0.3, -0.25) is 9.13 Å². The zero-order valence-corrected chi connectivity index (χ0v) is 17.7. The number of imidazole rings is 1. The summed E-state index contributed by atoms with van der Waals surface area (Å²) in [4.78, 5) is 17.8. The number of benzene rings is 2. The van der Waals surface area contributed by atoms with Crippen LogP contribution in [0.1, 0.15) is 18.0 Å². The van der Waals surface area contributed by atoms with E-state index in [2.05, 4.69) is 10.3 Å². The van der Waals surface area contributed by atoms with Gasteiger partial charge < -0.3 is 5.32 Å². The highest BCUT2D eigenvalue weighted by atomic mass is 35.5. The van der Waals surface area contributed by atoms with Gasteiger partial charge in [-0.25, -0.2) is 9.78 Å². The Bertz CT molecular complexity index is 1310. The van der Waals surface area contributed by atoms with E-state index in [-0.39, 0.29) is 29.7 Å². The Morgan fingerprint density at radius 3 is 2.44 bits per heavy atom. The first-order valence-electron chi connectivity index (χ1n) is 10.0. The SMILES string of the molecule is Cl.O=c1n(-c2ccc(-c3ccccc3C(F)(F)F)cc2)c2cccnc2n1C1CCNC1. The molecular weight excluding hydrogens is 441 g/mol. The van der Waals surface area contributed by atoms with Crippen molar-refractivity contribution in [3.8, 4) is 16.8 Å². The molecule has 5 nitrogen and oxygen atoms in total. The van der Waals surface area contributed by atoms with Gasteiger partial charge in [0, 0.05) is 12.7 Å². The summed E-state index contributed by atoms with van der Waals surface area (Å²) in [5, 5.41) is 3.27. The van der Waals surface area contributed by atoms with Crippen LogP contribution < -0.4 is 11.0 Å². The van der Waals surface area contributed by atoms with Crippen LogP contribution >= 0.6 is 12.4 Å². The maximum Gasteiger partial charge on any atom is 0.417 e. The highest BCUT2D eigenvalue weighted by molar-refractivity contribution is 5.85. The number of hydrogen-bond acceptors (Lipinski definition) is 3. The third kappa shape index (κ3) is 3.69. The van der Waals surface area contributed by atoms with E-state index >= 15 is 0 Å². The Morgan fingerprint density at radius 2 is 1.75 bits per heavy atom. The van der Waals surface area contributed by atoms with Gasteiger partial charge in [0.05, 0.1) is 22.8 Å². The second-order valence-electron chi connectivity index (χ2n) is 7.57. The van der Waals surface area contributed by atoms with Crippen molar-refractivity contribution >= 4 is 23.6 Å². The summed E-state index contributed by atoms with van der Waals surface area (Å²) in [6.07, 6.45) is -1.95. The summed E-state index contributed by atoms with van der Waals surface area (Å²) in [6, 6.07) is 15.7. The molecule has 0 amide bonds. The molecule has 1 aliphatic heterocycles. The lowest BCUT2D eigenvalue weighted by atomic mass is 9.99. The molecule has 1 atom stereocenters. The molecular formula is C23H20ClF3N4O. The summed E-state index contributed by atoms with van der Waals surface area (Å²) < 4.78 is 43.5. The normalized spacial score (nSPS) is 16.3. The first-order valence-corrected chi connectivity index (χ1v) is 10.0. The molecule has 5 rings (SSSR count). The summed E-state index contributed by atoms with van der Waals surface area (Å²) in [7, 11) is 0. The average Bonchev–Trinajstić information content (AvgIpc) is 3.38. The van der Waals surface area contributed by atoms with E-state index in [1.165, 1.54) is 12.1 Å². The molecule has 1 saturated heterocycles. The summed E-state index contributed by atoms with van der Waals surface area (Å²) in [5.74, 6) is 0. The molecule has 9 heteroatoms. The minimum atomic E-state index is -4.44. The van der Waals surface area contributed by atoms with Crippen molar-refractivity contribution in [2.75, 3.05) is 13.1 Å². The van der Waals surface area contributed by atoms with Crippen LogP contribution in [-0.2, 0) is 6.18 Å². The van der Waals surface area contributed by atoms with Gasteiger partial charge in [-0.2, -0.15) is 13.2 Å². The van der Waals surface area contributed by atoms with E-state index in [0.29, 0.717) is 29.0 Å². The molecule has 0 bridgehead atoms. The van der Waals surface area contributed by atoms with E-state index in [1.807, 2.05) is 6.07 Å². The largest absolute Gasteiger partial charge is 0.417 e. The zero-order valence-electron chi connectivity index (χ0n) is 16.8. The second kappa shape index (κ2) is 8.44. The second-order valence-corrected chi connectivity index (χ2v) is 7.57. The molecule has 0 spiro atoms. The van der Waals surface area contributed by atoms with Crippen LogP contribution in [0.4, 0.5) is 13.2 Å². The smallest absolute Gasteiger partial charge is 0.315 e. The summed E-state index contributed by atoms with van der Waals surface area (Å²) >= 11 is 0. The van der Waals surface area contributed by atoms with E-state index < -0.39 is 11.7 Å². The van der Waals surface area contributed by atoms with Crippen LogP contribution in [0.15, 0.2) is 71.7 Å². The van der Waals surface area contributed by atoms with Crippen LogP contribution in [0, 0.1) is 0 Å². The number of rotatable bonds is 3. The van der Waals surface area contributed by atoms with Crippen molar-refractivity contribution in [2.45, 2.75) is 18.6 Å². The number of pyridine rings is 1. The quantitative estimate of drug-likeness (QED) is 0.476. The molecule has 32 heavy (non-hydrogen) atoms. The maximum absolute atomic E-state index is 13.4. The predicted molar refractivity (Wildman–Crippen MR) is 120 cm³/mol. The minimum Gasteiger partial charge on any atom is -0.315 e. The molecule has 2 aromatic heterocycles. The summed E-state index contributed by atoms with van der Waals surface area (Å²) in [6.45, 7) is 1.53. The highest BCUT2D eigenvalue weighted by Crippen LogP contribution is 2.37. The Morgan fingerprint density at radius 1 is 1.00 bits per heavy atom. The van der Waals surface area contributed by atoms with Crippen molar-refractivity contribution < 1.29 is 13.2 Å². The van der Waals surface area contributed by atoms with Crippen LogP contribution in [-0.4, -0.2) is 27.2 Å². The lowest BCUT2D eigenvalue weighted by Gasteiger charge is -2.13. The fourth-order valence-electron chi connectivity index (χ4n) is 4.26. The van der Waals surface area contributed by atoms with E-state index in [1.54, 1.807) is 51.7 Å². The molecule has 0 aliphatic carbocycles. The number of hydrogen-bond donors (Lipinski definition) is 1. The van der Waals surface area contributed by atoms with Gasteiger partial charge in [0.15, 0.2) is 5.65 Å². The minimum absolute atomic E-state index is 0. The molecule has 1 unspecified atom stereocenters. The van der Waals surface area contributed by atoms with Gasteiger partial charge in [-0.15, -0.1) is 12.4 Å². The third-order valence-corrected chi connectivity index (χ3v) is 5.70. The fourth-order valence-corrected chi connectivity index (χ4v) is 4.26. The van der Waals surface area contributed by atoms with E-state index in [9.17, 15) is 18.0 Å². The van der Waals surface area contributed by atoms with Gasteiger partial charge in [0.1, 0.15) is 0 Å². The molecule has 1 aliphatic rings. The monoisotopic (exact) mass is 460 g/mol. The standard InChI is InChI=1S/C23H19F3N4O.ClH/c24-23(25,26)19-5-2-1-4-18(19)15-7-9-16(10-8-15)29-20-6-3-12-28-21(20)30(22(29)31)17-11-13-27-14-17;/h1-10,12,17,27H,11,13-14H2;1H. The summed E-state index contributed by atoms with van der Waals surface area (Å²) in [5.41, 5.74) is 1.51. The van der Waals surface area contributed by atoms with Crippen molar-refractivity contribution in [3.63, 3.8) is 0 Å². The number of halogens is 4. The van der Waals surface area contributed by atoms with Gasteiger partial charge in [0.2, 0.25) is 0 Å². The van der Waals surface area contributed by atoms with Gasteiger partial charge in [0.25, 0.3) is 0 Å². The molecule has 0 radical (unpaired) electrons. The lowest BCUT2D eigenvalue weighted by Crippen LogP contribution is -2.28. The Labute approximate surface area is 187 Å². The fraction of sp³-hybridized carbons (Fsp3) is 0.217. The molecule has 0 saturated carbocycles. The van der Waals surface area contributed by atoms with Crippen LogP contribution in [0.2, 0.25) is 0 Å². The van der Waals surface area contributed by atoms with Crippen LogP contribution in [0.5, 0.6) is 0 Å². The van der Waals surface area contributed by atoms with Gasteiger partial charge >= 0.3 is 11.9 Å². The van der Waals surface area contributed by atoms with Crippen molar-refractivity contribution in [3.05, 3.63) is 82.9 Å². The number of alkyl halides is 3. The van der Waals surface area contributed by atoms with E-state index in [4.69, 9.17) is 0 Å². The van der Waals surface area contributed by atoms with Gasteiger partial charge in [-0.1, -0.05) is 30.3 Å². The maximum atomic E-state index is 13.4. The average molecular weight is 461 g/mol. The number of nitrogens with zero attached hydrogens (tertiary/aromatic N) is 3. The molecule has 2 aromatic carbocycles. The molecule has 166 valence electrons. The molecule has 1 N–H and O–H groups in total. The van der Waals surface area contributed by atoms with Crippen molar-refractivity contribution in [1.29, 1.82) is 0 Å². The molecule has 4 aromatic rings. The Hall–Kier alpha value is -3.10. The zero-order chi connectivity index (χ0) is 21.6. The van der Waals surface area contributed by atoms with Gasteiger partial charge in [-0.05, 0) is 54.4 Å². The van der Waals surface area contributed by atoms with Crippen LogP contribution in [0.3, 0.4) is 0 Å². The predicted octanol–water partition coefficient (Wildman–Crippen LogP) is 4.83. The Kier molecular flexibility index (Phi) is 5.83. The molecule has 3 heterocycles. The van der Waals surface area contributed by atoms with Crippen molar-refractivity contribution in [1.82, 2.24) is 19.4 Å². The van der Waals surface area contributed by atoms with Crippen LogP contribution in [0.25, 0.3) is 28.0 Å².